The van der Waals surface area contributed by atoms with Gasteiger partial charge >= 0.3 is 0 Å². The van der Waals surface area contributed by atoms with Crippen LogP contribution in [0, 0.1) is 0 Å². The zero-order chi connectivity index (χ0) is 9.26. The quantitative estimate of drug-likeness (QED) is 0.788. The highest BCUT2D eigenvalue weighted by Gasteiger charge is 2.10. The van der Waals surface area contributed by atoms with Gasteiger partial charge in [-0.25, -0.2) is 4.98 Å². The van der Waals surface area contributed by atoms with Crippen molar-refractivity contribution in [2.24, 2.45) is 0 Å². The van der Waals surface area contributed by atoms with Crippen LogP contribution in [-0.4, -0.2) is 14.8 Å². The third-order valence-corrected chi connectivity index (χ3v) is 2.77. The van der Waals surface area contributed by atoms with Crippen molar-refractivity contribution >= 4 is 17.0 Å². The fourth-order valence-electron chi connectivity index (χ4n) is 1.12. The monoisotopic (exact) mass is 194 g/mol. The maximum absolute atomic E-state index is 5.57. The maximum atomic E-state index is 5.57. The Labute approximate surface area is 80.0 Å². The van der Waals surface area contributed by atoms with Crippen molar-refractivity contribution in [1.82, 2.24) is 14.8 Å². The van der Waals surface area contributed by atoms with Crippen LogP contribution in [0.3, 0.4) is 0 Å². The molecule has 2 heterocycles. The number of hydrogen-bond acceptors (Lipinski definition) is 4. The topological polar surface area (TPSA) is 56.7 Å². The predicted molar refractivity (Wildman–Crippen MR) is 52.6 cm³/mol. The summed E-state index contributed by atoms with van der Waals surface area (Å²) in [6, 6.07) is 0.164. The Morgan fingerprint density at radius 3 is 3.00 bits per heavy atom. The molecule has 2 rings (SSSR count). The summed E-state index contributed by atoms with van der Waals surface area (Å²) < 4.78 is 1.81. The van der Waals surface area contributed by atoms with Crippen LogP contribution >= 0.6 is 11.3 Å². The van der Waals surface area contributed by atoms with E-state index in [0.29, 0.717) is 5.69 Å². The largest absolute Gasteiger partial charge is 0.396 e. The van der Waals surface area contributed by atoms with Crippen molar-refractivity contribution in [3.8, 4) is 0 Å². The van der Waals surface area contributed by atoms with Gasteiger partial charge in [-0.15, -0.1) is 11.3 Å². The van der Waals surface area contributed by atoms with Crippen LogP contribution in [0.5, 0.6) is 0 Å². The number of nitrogen functional groups attached to an aromatic ring is 1. The maximum Gasteiger partial charge on any atom is 0.117 e. The van der Waals surface area contributed by atoms with E-state index in [1.54, 1.807) is 23.7 Å². The lowest BCUT2D eigenvalue weighted by Gasteiger charge is -2.07. The number of thiazole rings is 1. The molecule has 2 N–H and O–H groups in total. The zero-order valence-electron chi connectivity index (χ0n) is 7.21. The standard InChI is InChI=1S/C8H10N4S/c1-6(8-10-2-3-13-8)12-5-7(9)4-11-12/h2-6H,9H2,1H3. The third kappa shape index (κ3) is 1.55. The molecule has 0 saturated carbocycles. The molecule has 0 amide bonds. The Balaban J connectivity index is 2.28. The number of hydrogen-bond donors (Lipinski definition) is 1. The molecule has 1 atom stereocenters. The third-order valence-electron chi connectivity index (χ3n) is 1.83. The van der Waals surface area contributed by atoms with E-state index in [4.69, 9.17) is 5.73 Å². The molecule has 13 heavy (non-hydrogen) atoms. The molecule has 0 radical (unpaired) electrons. The summed E-state index contributed by atoms with van der Waals surface area (Å²) in [4.78, 5) is 4.22. The molecule has 0 aliphatic carbocycles. The summed E-state index contributed by atoms with van der Waals surface area (Å²) in [5.41, 5.74) is 6.25. The lowest BCUT2D eigenvalue weighted by Crippen LogP contribution is -2.06. The number of aromatic nitrogens is 3. The van der Waals surface area contributed by atoms with E-state index in [2.05, 4.69) is 10.1 Å². The first-order chi connectivity index (χ1) is 6.27. The highest BCUT2D eigenvalue weighted by Crippen LogP contribution is 2.19. The van der Waals surface area contributed by atoms with E-state index in [1.807, 2.05) is 23.2 Å². The fraction of sp³-hybridized carbons (Fsp3) is 0.250. The highest BCUT2D eigenvalue weighted by molar-refractivity contribution is 7.09. The fourth-order valence-corrected chi connectivity index (χ4v) is 1.81. The average molecular weight is 194 g/mol. The van der Waals surface area contributed by atoms with Crippen LogP contribution in [0.4, 0.5) is 5.69 Å². The molecule has 0 bridgehead atoms. The molecule has 0 fully saturated rings. The highest BCUT2D eigenvalue weighted by atomic mass is 32.1. The van der Waals surface area contributed by atoms with E-state index in [9.17, 15) is 0 Å². The van der Waals surface area contributed by atoms with Gasteiger partial charge in [0.15, 0.2) is 0 Å². The summed E-state index contributed by atoms with van der Waals surface area (Å²) in [7, 11) is 0. The van der Waals surface area contributed by atoms with Gasteiger partial charge in [-0.3, -0.25) is 4.68 Å². The Bertz CT molecular complexity index is 379. The zero-order valence-corrected chi connectivity index (χ0v) is 8.03. The molecule has 0 spiro atoms. The van der Waals surface area contributed by atoms with Crippen molar-refractivity contribution in [3.05, 3.63) is 29.0 Å². The molecule has 0 saturated heterocycles. The summed E-state index contributed by atoms with van der Waals surface area (Å²) in [6.07, 6.45) is 5.25. The molecule has 1 unspecified atom stereocenters. The minimum Gasteiger partial charge on any atom is -0.396 e. The van der Waals surface area contributed by atoms with Crippen molar-refractivity contribution in [1.29, 1.82) is 0 Å². The van der Waals surface area contributed by atoms with Crippen molar-refractivity contribution in [3.63, 3.8) is 0 Å². The van der Waals surface area contributed by atoms with Gasteiger partial charge in [-0.2, -0.15) is 5.10 Å². The second-order valence-electron chi connectivity index (χ2n) is 2.80. The first-order valence-electron chi connectivity index (χ1n) is 3.96. The summed E-state index contributed by atoms with van der Waals surface area (Å²) in [5, 5.41) is 7.13. The van der Waals surface area contributed by atoms with Crippen LogP contribution in [0.1, 0.15) is 18.0 Å². The van der Waals surface area contributed by atoms with Crippen LogP contribution in [-0.2, 0) is 0 Å². The van der Waals surface area contributed by atoms with E-state index in [1.165, 1.54) is 0 Å². The number of nitrogens with zero attached hydrogens (tertiary/aromatic N) is 3. The Hall–Kier alpha value is -1.36. The van der Waals surface area contributed by atoms with Gasteiger partial charge in [0.05, 0.1) is 11.9 Å². The Morgan fingerprint density at radius 1 is 1.62 bits per heavy atom. The van der Waals surface area contributed by atoms with Crippen LogP contribution in [0.15, 0.2) is 24.0 Å². The molecule has 0 aromatic carbocycles. The van der Waals surface area contributed by atoms with Gasteiger partial charge in [0.25, 0.3) is 0 Å². The molecule has 0 aliphatic rings. The van der Waals surface area contributed by atoms with Crippen LogP contribution in [0.2, 0.25) is 0 Å². The summed E-state index contributed by atoms with van der Waals surface area (Å²) in [5.74, 6) is 0. The predicted octanol–water partition coefficient (Wildman–Crippen LogP) is 1.53. The Morgan fingerprint density at radius 2 is 2.46 bits per heavy atom. The van der Waals surface area contributed by atoms with Crippen molar-refractivity contribution in [2.45, 2.75) is 13.0 Å². The van der Waals surface area contributed by atoms with Gasteiger partial charge in [0, 0.05) is 17.8 Å². The smallest absolute Gasteiger partial charge is 0.117 e. The molecule has 2 aromatic heterocycles. The Kier molecular flexibility index (Phi) is 2.02. The number of nitrogens with two attached hydrogens (primary N) is 1. The molecule has 2 aromatic rings. The van der Waals surface area contributed by atoms with E-state index >= 15 is 0 Å². The van der Waals surface area contributed by atoms with Gasteiger partial charge in [0.1, 0.15) is 11.0 Å². The van der Waals surface area contributed by atoms with Gasteiger partial charge in [-0.1, -0.05) is 0 Å². The SMILES string of the molecule is CC(c1nccs1)n1cc(N)cn1. The molecule has 4 nitrogen and oxygen atoms in total. The molecule has 68 valence electrons. The summed E-state index contributed by atoms with van der Waals surface area (Å²) in [6.45, 7) is 2.05. The molecule has 0 aliphatic heterocycles. The lowest BCUT2D eigenvalue weighted by molar-refractivity contribution is 0.562. The molecular weight excluding hydrogens is 184 g/mol. The number of anilines is 1. The summed E-state index contributed by atoms with van der Waals surface area (Å²) >= 11 is 1.62. The average Bonchev–Trinajstić information content (AvgIpc) is 2.72. The first-order valence-corrected chi connectivity index (χ1v) is 4.84. The lowest BCUT2D eigenvalue weighted by atomic mass is 10.4. The van der Waals surface area contributed by atoms with Gasteiger partial charge in [-0.05, 0) is 6.92 Å². The first kappa shape index (κ1) is 8.25. The van der Waals surface area contributed by atoms with E-state index < -0.39 is 0 Å². The van der Waals surface area contributed by atoms with Crippen LogP contribution < -0.4 is 5.73 Å². The van der Waals surface area contributed by atoms with Gasteiger partial charge in [0.2, 0.25) is 0 Å². The molecule has 5 heteroatoms. The van der Waals surface area contributed by atoms with Crippen molar-refractivity contribution < 1.29 is 0 Å². The second kappa shape index (κ2) is 3.18. The molecular formula is C8H10N4S. The van der Waals surface area contributed by atoms with Crippen LogP contribution in [0.25, 0.3) is 0 Å². The van der Waals surface area contributed by atoms with Gasteiger partial charge < -0.3 is 5.73 Å². The number of rotatable bonds is 2. The normalized spacial score (nSPS) is 13.0. The minimum atomic E-state index is 0.164. The second-order valence-corrected chi connectivity index (χ2v) is 3.73. The minimum absolute atomic E-state index is 0.164. The van der Waals surface area contributed by atoms with Crippen molar-refractivity contribution in [2.75, 3.05) is 5.73 Å². The van der Waals surface area contributed by atoms with E-state index in [-0.39, 0.29) is 6.04 Å². The van der Waals surface area contributed by atoms with E-state index in [0.717, 1.165) is 5.01 Å².